The molecule has 58 heavy (non-hydrogen) atoms. The number of aryl methyl sites for hydroxylation is 2. The SMILES string of the molecule is Cc1ccc(-c2cc(N(c3ccccc3)c3cccc4ccccc34)cc3c(-c4ccc(C)cc4)cc(N(c4ccccc4)c4cccc5ccccc45)cc23)cc1. The maximum Gasteiger partial charge on any atom is 0.0540 e. The molecule has 2 heteroatoms. The Morgan fingerprint density at radius 3 is 1.05 bits per heavy atom. The second-order valence-electron chi connectivity index (χ2n) is 15.2. The number of anilines is 6. The van der Waals surface area contributed by atoms with Gasteiger partial charge in [0.2, 0.25) is 0 Å². The molecule has 10 aromatic rings. The van der Waals surface area contributed by atoms with Gasteiger partial charge in [0.05, 0.1) is 11.4 Å². The van der Waals surface area contributed by atoms with Crippen LogP contribution >= 0.6 is 0 Å². The molecule has 276 valence electrons. The number of nitrogens with zero attached hydrogens (tertiary/aromatic N) is 2. The third kappa shape index (κ3) is 6.45. The lowest BCUT2D eigenvalue weighted by Crippen LogP contribution is -2.12. The molecule has 10 aromatic carbocycles. The summed E-state index contributed by atoms with van der Waals surface area (Å²) in [4.78, 5) is 4.86. The predicted molar refractivity (Wildman–Crippen MR) is 249 cm³/mol. The van der Waals surface area contributed by atoms with E-state index in [4.69, 9.17) is 0 Å². The van der Waals surface area contributed by atoms with Crippen LogP contribution in [0.3, 0.4) is 0 Å². The molecule has 0 saturated carbocycles. The quantitative estimate of drug-likeness (QED) is 0.153. The summed E-state index contributed by atoms with van der Waals surface area (Å²) in [6, 6.07) is 79.8. The molecule has 0 spiro atoms. The Balaban J connectivity index is 1.32. The van der Waals surface area contributed by atoms with Crippen LogP contribution in [0.4, 0.5) is 34.1 Å². The van der Waals surface area contributed by atoms with Gasteiger partial charge in [0.15, 0.2) is 0 Å². The summed E-state index contributed by atoms with van der Waals surface area (Å²) in [6.45, 7) is 4.32. The number of para-hydroxylation sites is 2. The third-order valence-corrected chi connectivity index (χ3v) is 11.3. The molecule has 0 N–H and O–H groups in total. The average Bonchev–Trinajstić information content (AvgIpc) is 3.28. The van der Waals surface area contributed by atoms with Crippen LogP contribution in [0.5, 0.6) is 0 Å². The van der Waals surface area contributed by atoms with Gasteiger partial charge in [-0.3, -0.25) is 0 Å². The molecule has 0 saturated heterocycles. The number of hydrogen-bond acceptors (Lipinski definition) is 2. The van der Waals surface area contributed by atoms with Crippen molar-refractivity contribution in [1.82, 2.24) is 0 Å². The minimum Gasteiger partial charge on any atom is -0.310 e. The summed E-state index contributed by atoms with van der Waals surface area (Å²) in [5, 5.41) is 7.20. The Bertz CT molecular complexity index is 2840. The van der Waals surface area contributed by atoms with Crippen LogP contribution in [0.15, 0.2) is 218 Å². The summed E-state index contributed by atoms with van der Waals surface area (Å²) < 4.78 is 0. The van der Waals surface area contributed by atoms with Crippen LogP contribution in [0, 0.1) is 13.8 Å². The molecule has 0 heterocycles. The summed E-state index contributed by atoms with van der Waals surface area (Å²) in [6.07, 6.45) is 0. The van der Waals surface area contributed by atoms with Crippen molar-refractivity contribution in [2.45, 2.75) is 13.8 Å². The zero-order valence-electron chi connectivity index (χ0n) is 32.7. The second kappa shape index (κ2) is 14.9. The topological polar surface area (TPSA) is 6.48 Å². The fraction of sp³-hybridized carbons (Fsp3) is 0.0357. The summed E-state index contributed by atoms with van der Waals surface area (Å²) in [5.74, 6) is 0. The number of rotatable bonds is 8. The molecule has 0 fully saturated rings. The van der Waals surface area contributed by atoms with E-state index >= 15 is 0 Å². The highest BCUT2D eigenvalue weighted by Crippen LogP contribution is 2.48. The van der Waals surface area contributed by atoms with Gasteiger partial charge >= 0.3 is 0 Å². The Labute approximate surface area is 340 Å². The van der Waals surface area contributed by atoms with Crippen molar-refractivity contribution in [3.63, 3.8) is 0 Å². The smallest absolute Gasteiger partial charge is 0.0540 e. The molecular formula is C56H42N2. The Hall–Kier alpha value is -7.42. The minimum atomic E-state index is 1.10. The molecule has 0 radical (unpaired) electrons. The van der Waals surface area contributed by atoms with Crippen molar-refractivity contribution in [3.8, 4) is 22.3 Å². The lowest BCUT2D eigenvalue weighted by molar-refractivity contribution is 1.29. The van der Waals surface area contributed by atoms with Gasteiger partial charge in [-0.15, -0.1) is 0 Å². The van der Waals surface area contributed by atoms with Gasteiger partial charge in [0, 0.05) is 33.5 Å². The summed E-state index contributed by atoms with van der Waals surface area (Å²) >= 11 is 0. The van der Waals surface area contributed by atoms with Crippen molar-refractivity contribution >= 4 is 66.4 Å². The predicted octanol–water partition coefficient (Wildman–Crippen LogP) is 16.0. The molecule has 0 aliphatic carbocycles. The van der Waals surface area contributed by atoms with Crippen molar-refractivity contribution in [2.24, 2.45) is 0 Å². The molecule has 10 rings (SSSR count). The highest BCUT2D eigenvalue weighted by atomic mass is 15.2. The molecular weight excluding hydrogens is 701 g/mol. The van der Waals surface area contributed by atoms with Gasteiger partial charge in [-0.2, -0.15) is 0 Å². The van der Waals surface area contributed by atoms with Gasteiger partial charge in [0.25, 0.3) is 0 Å². The monoisotopic (exact) mass is 742 g/mol. The second-order valence-corrected chi connectivity index (χ2v) is 15.2. The van der Waals surface area contributed by atoms with Gasteiger partial charge in [-0.25, -0.2) is 0 Å². The lowest BCUT2D eigenvalue weighted by Gasteiger charge is -2.30. The third-order valence-electron chi connectivity index (χ3n) is 11.3. The number of fused-ring (bicyclic) bond motifs is 3. The molecule has 0 unspecified atom stereocenters. The van der Waals surface area contributed by atoms with E-state index in [9.17, 15) is 0 Å². The van der Waals surface area contributed by atoms with Crippen LogP contribution < -0.4 is 9.80 Å². The van der Waals surface area contributed by atoms with E-state index in [-0.39, 0.29) is 0 Å². The van der Waals surface area contributed by atoms with Gasteiger partial charge in [0.1, 0.15) is 0 Å². The van der Waals surface area contributed by atoms with E-state index in [1.165, 1.54) is 65.7 Å². The van der Waals surface area contributed by atoms with Crippen molar-refractivity contribution < 1.29 is 0 Å². The Morgan fingerprint density at radius 1 is 0.276 bits per heavy atom. The maximum absolute atomic E-state index is 2.43. The van der Waals surface area contributed by atoms with Crippen LogP contribution in [0.1, 0.15) is 11.1 Å². The Kier molecular flexibility index (Phi) is 9.01. The molecule has 0 aliphatic heterocycles. The summed E-state index contributed by atoms with van der Waals surface area (Å²) in [7, 11) is 0. The van der Waals surface area contributed by atoms with E-state index < -0.39 is 0 Å². The van der Waals surface area contributed by atoms with Gasteiger partial charge < -0.3 is 9.80 Å². The standard InChI is InChI=1S/C56H42N2/c1-39-27-31-43(32-28-39)51-35-47(57(45-19-5-3-6-20-45)55-25-13-17-41-15-9-11-23-49(41)55)38-54-52(44-33-29-40(2)30-34-44)36-48(37-53(51)54)58(46-21-7-4-8-22-46)56-26-14-18-42-16-10-12-24-50(42)56/h3-38H,1-2H3. The van der Waals surface area contributed by atoms with Gasteiger partial charge in [-0.1, -0.05) is 169 Å². The molecule has 0 atom stereocenters. The first-order chi connectivity index (χ1) is 28.6. The molecule has 0 aliphatic rings. The maximum atomic E-state index is 2.43. The fourth-order valence-corrected chi connectivity index (χ4v) is 8.45. The van der Waals surface area contributed by atoms with Crippen molar-refractivity contribution in [3.05, 3.63) is 230 Å². The zero-order valence-corrected chi connectivity index (χ0v) is 32.7. The van der Waals surface area contributed by atoms with Crippen molar-refractivity contribution in [2.75, 3.05) is 9.80 Å². The average molecular weight is 743 g/mol. The molecule has 2 nitrogen and oxygen atoms in total. The first kappa shape index (κ1) is 35.0. The normalized spacial score (nSPS) is 11.3. The zero-order chi connectivity index (χ0) is 39.0. The minimum absolute atomic E-state index is 1.10. The van der Waals surface area contributed by atoms with Crippen LogP contribution in [0.25, 0.3) is 54.6 Å². The molecule has 0 amide bonds. The fourth-order valence-electron chi connectivity index (χ4n) is 8.45. The van der Waals surface area contributed by atoms with E-state index in [1.807, 2.05) is 0 Å². The van der Waals surface area contributed by atoms with E-state index in [1.54, 1.807) is 0 Å². The van der Waals surface area contributed by atoms with E-state index in [0.29, 0.717) is 0 Å². The Morgan fingerprint density at radius 2 is 0.638 bits per heavy atom. The van der Waals surface area contributed by atoms with Crippen LogP contribution in [0.2, 0.25) is 0 Å². The highest BCUT2D eigenvalue weighted by molar-refractivity contribution is 6.11. The van der Waals surface area contributed by atoms with Crippen LogP contribution in [-0.4, -0.2) is 0 Å². The van der Waals surface area contributed by atoms with E-state index in [2.05, 4.69) is 242 Å². The first-order valence-corrected chi connectivity index (χ1v) is 20.0. The lowest BCUT2D eigenvalue weighted by atomic mass is 9.90. The molecule has 0 bridgehead atoms. The summed E-state index contributed by atoms with van der Waals surface area (Å²) in [5.41, 5.74) is 13.8. The van der Waals surface area contributed by atoms with Crippen molar-refractivity contribution in [1.29, 1.82) is 0 Å². The number of hydrogen-bond donors (Lipinski definition) is 0. The van der Waals surface area contributed by atoms with E-state index in [0.717, 1.165) is 34.1 Å². The first-order valence-electron chi connectivity index (χ1n) is 20.0. The highest BCUT2D eigenvalue weighted by Gasteiger charge is 2.23. The largest absolute Gasteiger partial charge is 0.310 e. The molecule has 0 aromatic heterocycles. The number of benzene rings is 10. The van der Waals surface area contributed by atoms with Crippen LogP contribution in [-0.2, 0) is 0 Å². The van der Waals surface area contributed by atoms with Gasteiger partial charge in [-0.05, 0) is 118 Å².